The quantitative estimate of drug-likeness (QED) is 0.827. The molecular weight excluding hydrogens is 234 g/mol. The van der Waals surface area contributed by atoms with Crippen molar-refractivity contribution in [3.05, 3.63) is 77.4 Å². The predicted molar refractivity (Wildman–Crippen MR) is 79.3 cm³/mol. The first-order valence-corrected chi connectivity index (χ1v) is 6.32. The molecular formula is C17H17NO. The molecule has 2 rings (SSSR count). The van der Waals surface area contributed by atoms with Crippen LogP contribution in [0.5, 0.6) is 0 Å². The van der Waals surface area contributed by atoms with Crippen LogP contribution in [-0.4, -0.2) is 19.4 Å². The van der Waals surface area contributed by atoms with E-state index in [2.05, 4.69) is 5.32 Å². The molecule has 0 spiro atoms. The summed E-state index contributed by atoms with van der Waals surface area (Å²) in [7, 11) is 1.91. The molecule has 19 heavy (non-hydrogen) atoms. The Hall–Kier alpha value is -2.19. The Balaban J connectivity index is 2.12. The van der Waals surface area contributed by atoms with Gasteiger partial charge < -0.3 is 5.32 Å². The Bertz CT molecular complexity index is 556. The molecule has 0 bridgehead atoms. The van der Waals surface area contributed by atoms with E-state index in [1.54, 1.807) is 0 Å². The number of benzene rings is 2. The van der Waals surface area contributed by atoms with Gasteiger partial charge in [0.25, 0.3) is 0 Å². The van der Waals surface area contributed by atoms with Gasteiger partial charge in [0.15, 0.2) is 5.78 Å². The minimum Gasteiger partial charge on any atom is -0.316 e. The minimum absolute atomic E-state index is 0.0614. The molecule has 0 amide bonds. The normalized spacial score (nSPS) is 10.8. The van der Waals surface area contributed by atoms with E-state index in [-0.39, 0.29) is 5.78 Å². The number of rotatable bonds is 5. The van der Waals surface area contributed by atoms with E-state index in [1.165, 1.54) is 0 Å². The molecule has 0 saturated carbocycles. The SMILES string of the molecule is CNCC=Cc1ccc(C(=O)c2ccccc2)cc1. The number of likely N-dealkylation sites (N-methyl/N-ethyl adjacent to an activating group) is 1. The van der Waals surface area contributed by atoms with Gasteiger partial charge in [0.05, 0.1) is 0 Å². The highest BCUT2D eigenvalue weighted by Crippen LogP contribution is 2.11. The molecule has 2 aromatic carbocycles. The van der Waals surface area contributed by atoms with Crippen molar-refractivity contribution in [3.8, 4) is 0 Å². The van der Waals surface area contributed by atoms with Crippen LogP contribution in [0.1, 0.15) is 21.5 Å². The molecule has 96 valence electrons. The van der Waals surface area contributed by atoms with Crippen molar-refractivity contribution >= 4 is 11.9 Å². The topological polar surface area (TPSA) is 29.1 Å². The van der Waals surface area contributed by atoms with Crippen LogP contribution in [0.15, 0.2) is 60.7 Å². The number of ketones is 1. The summed E-state index contributed by atoms with van der Waals surface area (Å²) in [4.78, 5) is 12.2. The van der Waals surface area contributed by atoms with Gasteiger partial charge in [0.2, 0.25) is 0 Å². The zero-order valence-corrected chi connectivity index (χ0v) is 11.0. The zero-order valence-electron chi connectivity index (χ0n) is 11.0. The number of carbonyl (C=O) groups is 1. The predicted octanol–water partition coefficient (Wildman–Crippen LogP) is 3.15. The molecule has 0 unspecified atom stereocenters. The van der Waals surface area contributed by atoms with Crippen molar-refractivity contribution < 1.29 is 4.79 Å². The van der Waals surface area contributed by atoms with Crippen molar-refractivity contribution in [2.24, 2.45) is 0 Å². The van der Waals surface area contributed by atoms with Crippen molar-refractivity contribution in [2.45, 2.75) is 0 Å². The van der Waals surface area contributed by atoms with Crippen molar-refractivity contribution in [1.29, 1.82) is 0 Å². The third kappa shape index (κ3) is 3.63. The first-order chi connectivity index (χ1) is 9.31. The largest absolute Gasteiger partial charge is 0.316 e. The highest BCUT2D eigenvalue weighted by atomic mass is 16.1. The summed E-state index contributed by atoms with van der Waals surface area (Å²) in [6.07, 6.45) is 4.08. The number of carbonyl (C=O) groups excluding carboxylic acids is 1. The van der Waals surface area contributed by atoms with Crippen LogP contribution in [0.4, 0.5) is 0 Å². The number of hydrogen-bond donors (Lipinski definition) is 1. The second-order valence-electron chi connectivity index (χ2n) is 4.28. The molecule has 0 atom stereocenters. The van der Waals surface area contributed by atoms with Gasteiger partial charge in [-0.3, -0.25) is 4.79 Å². The average Bonchev–Trinajstić information content (AvgIpc) is 2.48. The van der Waals surface area contributed by atoms with Gasteiger partial charge in [0, 0.05) is 17.7 Å². The van der Waals surface area contributed by atoms with E-state index < -0.39 is 0 Å². The van der Waals surface area contributed by atoms with Crippen LogP contribution in [-0.2, 0) is 0 Å². The van der Waals surface area contributed by atoms with Gasteiger partial charge in [0.1, 0.15) is 0 Å². The smallest absolute Gasteiger partial charge is 0.193 e. The fourth-order valence-electron chi connectivity index (χ4n) is 1.81. The lowest BCUT2D eigenvalue weighted by Gasteiger charge is -2.01. The first kappa shape index (κ1) is 13.2. The van der Waals surface area contributed by atoms with E-state index in [0.717, 1.165) is 23.2 Å². The molecule has 0 saturated heterocycles. The van der Waals surface area contributed by atoms with Crippen molar-refractivity contribution in [2.75, 3.05) is 13.6 Å². The molecule has 0 aliphatic heterocycles. The highest BCUT2D eigenvalue weighted by Gasteiger charge is 2.07. The fourth-order valence-corrected chi connectivity index (χ4v) is 1.81. The lowest BCUT2D eigenvalue weighted by molar-refractivity contribution is 0.103. The van der Waals surface area contributed by atoms with E-state index in [9.17, 15) is 4.79 Å². The second-order valence-corrected chi connectivity index (χ2v) is 4.28. The molecule has 0 aromatic heterocycles. The maximum absolute atomic E-state index is 12.2. The summed E-state index contributed by atoms with van der Waals surface area (Å²) in [5.41, 5.74) is 2.54. The highest BCUT2D eigenvalue weighted by molar-refractivity contribution is 6.09. The van der Waals surface area contributed by atoms with Gasteiger partial charge in [-0.15, -0.1) is 0 Å². The van der Waals surface area contributed by atoms with Gasteiger partial charge in [-0.1, -0.05) is 66.7 Å². The molecule has 2 aromatic rings. The standard InChI is InChI=1S/C17H17NO/c1-18-13-5-6-14-9-11-16(12-10-14)17(19)15-7-3-2-4-8-15/h2-12,18H,13H2,1H3. The molecule has 0 radical (unpaired) electrons. The third-order valence-corrected chi connectivity index (χ3v) is 2.84. The summed E-state index contributed by atoms with van der Waals surface area (Å²) in [5.74, 6) is 0.0614. The van der Waals surface area contributed by atoms with E-state index in [1.807, 2.05) is 73.8 Å². The number of nitrogens with one attached hydrogen (secondary N) is 1. The maximum atomic E-state index is 12.2. The monoisotopic (exact) mass is 251 g/mol. The molecule has 0 aliphatic carbocycles. The summed E-state index contributed by atoms with van der Waals surface area (Å²) in [6, 6.07) is 17.0. The van der Waals surface area contributed by atoms with Crippen LogP contribution in [0.3, 0.4) is 0 Å². The van der Waals surface area contributed by atoms with E-state index >= 15 is 0 Å². The number of hydrogen-bond acceptors (Lipinski definition) is 2. The minimum atomic E-state index is 0.0614. The van der Waals surface area contributed by atoms with Crippen LogP contribution in [0, 0.1) is 0 Å². The molecule has 0 fully saturated rings. The molecule has 1 N–H and O–H groups in total. The van der Waals surface area contributed by atoms with Crippen LogP contribution >= 0.6 is 0 Å². The van der Waals surface area contributed by atoms with E-state index in [4.69, 9.17) is 0 Å². The van der Waals surface area contributed by atoms with Crippen molar-refractivity contribution in [1.82, 2.24) is 5.32 Å². The Morgan fingerprint density at radius 2 is 1.63 bits per heavy atom. The van der Waals surface area contributed by atoms with Gasteiger partial charge in [-0.2, -0.15) is 0 Å². The van der Waals surface area contributed by atoms with Crippen LogP contribution in [0.2, 0.25) is 0 Å². The Morgan fingerprint density at radius 3 is 2.26 bits per heavy atom. The lowest BCUT2D eigenvalue weighted by Crippen LogP contribution is -2.03. The molecule has 0 heterocycles. The summed E-state index contributed by atoms with van der Waals surface area (Å²) in [6.45, 7) is 0.838. The zero-order chi connectivity index (χ0) is 13.5. The molecule has 2 heteroatoms. The van der Waals surface area contributed by atoms with Crippen LogP contribution in [0.25, 0.3) is 6.08 Å². The Labute approximate surface area is 113 Å². The van der Waals surface area contributed by atoms with Crippen molar-refractivity contribution in [3.63, 3.8) is 0 Å². The fraction of sp³-hybridized carbons (Fsp3) is 0.118. The van der Waals surface area contributed by atoms with E-state index in [0.29, 0.717) is 0 Å². The summed E-state index contributed by atoms with van der Waals surface area (Å²) in [5, 5.41) is 3.05. The second kappa shape index (κ2) is 6.66. The summed E-state index contributed by atoms with van der Waals surface area (Å²) < 4.78 is 0. The van der Waals surface area contributed by atoms with Gasteiger partial charge >= 0.3 is 0 Å². The Morgan fingerprint density at radius 1 is 1.00 bits per heavy atom. The molecule has 0 aliphatic rings. The van der Waals surface area contributed by atoms with Crippen LogP contribution < -0.4 is 5.32 Å². The lowest BCUT2D eigenvalue weighted by atomic mass is 10.0. The first-order valence-electron chi connectivity index (χ1n) is 6.32. The third-order valence-electron chi connectivity index (χ3n) is 2.84. The van der Waals surface area contributed by atoms with Gasteiger partial charge in [-0.05, 0) is 12.6 Å². The molecule has 2 nitrogen and oxygen atoms in total. The maximum Gasteiger partial charge on any atom is 0.193 e. The van der Waals surface area contributed by atoms with Gasteiger partial charge in [-0.25, -0.2) is 0 Å². The Kier molecular flexibility index (Phi) is 4.65. The summed E-state index contributed by atoms with van der Waals surface area (Å²) >= 11 is 0. The average molecular weight is 251 g/mol.